The highest BCUT2D eigenvalue weighted by molar-refractivity contribution is 5.61. The normalized spacial score (nSPS) is 12.2. The molecule has 1 rings (SSSR count). The molecule has 0 bridgehead atoms. The Morgan fingerprint density at radius 2 is 1.24 bits per heavy atom. The minimum atomic E-state index is -0.546. The molecule has 1 aliphatic rings. The van der Waals surface area contributed by atoms with Gasteiger partial charge in [-0.2, -0.15) is 0 Å². The van der Waals surface area contributed by atoms with Gasteiger partial charge in [-0.25, -0.2) is 4.79 Å². The van der Waals surface area contributed by atoms with Gasteiger partial charge in [0.05, 0.1) is 39.6 Å². The molecule has 0 amide bonds. The van der Waals surface area contributed by atoms with Crippen LogP contribution in [0.4, 0.5) is 4.79 Å². The van der Waals surface area contributed by atoms with Crippen molar-refractivity contribution in [1.29, 1.82) is 0 Å². The topological polar surface area (TPSA) is 144 Å². The molecule has 0 spiro atoms. The Labute approximate surface area is 201 Å². The molecule has 1 heterocycles. The Morgan fingerprint density at radius 3 is 1.55 bits per heavy atom. The molecule has 0 saturated carbocycles. The van der Waals surface area contributed by atoms with E-state index in [1.165, 1.54) is 19.3 Å². The van der Waals surface area contributed by atoms with Gasteiger partial charge in [0.15, 0.2) is 0 Å². The van der Waals surface area contributed by atoms with E-state index in [2.05, 4.69) is 23.3 Å². The molecule has 1 saturated heterocycles. The molecule has 10 heteroatoms. The SMILES string of the molecule is CCCCC(CC)CO.CCO.CCOCCO.CCOCCOCCO.O=C1OCCO1. The first-order chi connectivity index (χ1) is 16.0. The molecule has 0 radical (unpaired) electrons. The van der Waals surface area contributed by atoms with Crippen LogP contribution in [0.15, 0.2) is 0 Å². The zero-order valence-corrected chi connectivity index (χ0v) is 21.6. The van der Waals surface area contributed by atoms with Gasteiger partial charge < -0.3 is 44.1 Å². The van der Waals surface area contributed by atoms with Gasteiger partial charge in [0.25, 0.3) is 0 Å². The molecule has 1 atom stereocenters. The number of unbranched alkanes of at least 4 members (excludes halogenated alkanes) is 1. The maximum absolute atomic E-state index is 9.80. The van der Waals surface area contributed by atoms with Gasteiger partial charge in [0.1, 0.15) is 13.2 Å². The monoisotopic (exact) mass is 488 g/mol. The van der Waals surface area contributed by atoms with Crippen molar-refractivity contribution in [1.82, 2.24) is 0 Å². The van der Waals surface area contributed by atoms with Crippen molar-refractivity contribution in [3.8, 4) is 0 Å². The second-order valence-electron chi connectivity index (χ2n) is 6.32. The van der Waals surface area contributed by atoms with Crippen LogP contribution in [0, 0.1) is 5.92 Å². The molecule has 0 aliphatic carbocycles. The van der Waals surface area contributed by atoms with Crippen molar-refractivity contribution < 1.29 is 48.9 Å². The Hall–Kier alpha value is -1.01. The number of aliphatic hydroxyl groups excluding tert-OH is 4. The van der Waals surface area contributed by atoms with Gasteiger partial charge in [-0.1, -0.05) is 33.1 Å². The van der Waals surface area contributed by atoms with Crippen LogP contribution in [0.25, 0.3) is 0 Å². The van der Waals surface area contributed by atoms with Crippen molar-refractivity contribution in [2.75, 3.05) is 79.3 Å². The van der Waals surface area contributed by atoms with E-state index in [-0.39, 0.29) is 19.8 Å². The molecule has 1 aliphatic heterocycles. The Kier molecular flexibility index (Phi) is 49.0. The summed E-state index contributed by atoms with van der Waals surface area (Å²) in [5.41, 5.74) is 0. The number of aliphatic hydroxyl groups is 4. The second kappa shape index (κ2) is 41.3. The van der Waals surface area contributed by atoms with Gasteiger partial charge in [0.2, 0.25) is 0 Å². The van der Waals surface area contributed by atoms with Crippen molar-refractivity contribution in [3.63, 3.8) is 0 Å². The number of cyclic esters (lactones) is 2. The molecule has 0 aromatic carbocycles. The first-order valence-corrected chi connectivity index (χ1v) is 11.9. The average Bonchev–Trinajstić information content (AvgIpc) is 3.31. The summed E-state index contributed by atoms with van der Waals surface area (Å²) in [4.78, 5) is 9.80. The third-order valence-electron chi connectivity index (χ3n) is 3.58. The molecular weight excluding hydrogens is 436 g/mol. The van der Waals surface area contributed by atoms with Crippen molar-refractivity contribution >= 4 is 6.16 Å². The van der Waals surface area contributed by atoms with E-state index >= 15 is 0 Å². The van der Waals surface area contributed by atoms with Crippen LogP contribution in [0.1, 0.15) is 60.3 Å². The van der Waals surface area contributed by atoms with Crippen LogP contribution in [-0.2, 0) is 23.7 Å². The molecule has 1 unspecified atom stereocenters. The van der Waals surface area contributed by atoms with Crippen LogP contribution in [-0.4, -0.2) is 106 Å². The minimum absolute atomic E-state index is 0.0894. The van der Waals surface area contributed by atoms with Gasteiger partial charge in [-0.3, -0.25) is 0 Å². The highest BCUT2D eigenvalue weighted by Gasteiger charge is 2.09. The van der Waals surface area contributed by atoms with Gasteiger partial charge in [0, 0.05) is 26.4 Å². The fourth-order valence-electron chi connectivity index (χ4n) is 1.85. The number of carbonyl (C=O) groups excluding carboxylic acids is 1. The van der Waals surface area contributed by atoms with E-state index < -0.39 is 6.16 Å². The van der Waals surface area contributed by atoms with E-state index in [0.29, 0.717) is 58.8 Å². The zero-order valence-electron chi connectivity index (χ0n) is 21.6. The lowest BCUT2D eigenvalue weighted by molar-refractivity contribution is 0.0370. The molecule has 0 aromatic heterocycles. The van der Waals surface area contributed by atoms with Crippen LogP contribution >= 0.6 is 0 Å². The zero-order chi connectivity index (χ0) is 26.0. The van der Waals surface area contributed by atoms with Gasteiger partial charge in [-0.05, 0) is 33.1 Å². The lowest BCUT2D eigenvalue weighted by atomic mass is 10.0. The Bertz CT molecular complexity index is 298. The lowest BCUT2D eigenvalue weighted by Gasteiger charge is -2.08. The summed E-state index contributed by atoms with van der Waals surface area (Å²) < 4.78 is 23.2. The quantitative estimate of drug-likeness (QED) is 0.212. The van der Waals surface area contributed by atoms with Crippen molar-refractivity contribution in [3.05, 3.63) is 0 Å². The van der Waals surface area contributed by atoms with Crippen molar-refractivity contribution in [2.24, 2.45) is 5.92 Å². The predicted molar refractivity (Wildman–Crippen MR) is 128 cm³/mol. The Balaban J connectivity index is -0.000000165. The van der Waals surface area contributed by atoms with E-state index in [9.17, 15) is 4.79 Å². The number of ether oxygens (including phenoxy) is 5. The maximum Gasteiger partial charge on any atom is 0.508 e. The van der Waals surface area contributed by atoms with Gasteiger partial charge in [-0.15, -0.1) is 0 Å². The van der Waals surface area contributed by atoms with Crippen LogP contribution < -0.4 is 0 Å². The standard InChI is InChI=1S/C8H18O.C6H14O3.C4H10O2.C3H4O3.C2H6O/c1-3-5-6-8(4-2)7-9;1-2-8-5-6-9-4-3-7;1-2-6-4-3-5;4-3-5-1-2-6-3;1-2-3/h8-9H,3-7H2,1-2H3;7H,2-6H2,1H3;5H,2-4H2,1H3;1-2H2;3H,2H2,1H3. The van der Waals surface area contributed by atoms with E-state index in [1.54, 1.807) is 6.92 Å². The van der Waals surface area contributed by atoms with Gasteiger partial charge >= 0.3 is 6.16 Å². The molecular formula is C23H52O10. The summed E-state index contributed by atoms with van der Waals surface area (Å²) in [6, 6.07) is 0. The first-order valence-electron chi connectivity index (χ1n) is 11.9. The average molecular weight is 489 g/mol. The number of rotatable bonds is 14. The summed E-state index contributed by atoms with van der Waals surface area (Å²) in [5, 5.41) is 32.7. The second-order valence-corrected chi connectivity index (χ2v) is 6.32. The summed E-state index contributed by atoms with van der Waals surface area (Å²) >= 11 is 0. The number of hydrogen-bond acceptors (Lipinski definition) is 10. The number of hydrogen-bond donors (Lipinski definition) is 4. The molecule has 0 aromatic rings. The Morgan fingerprint density at radius 1 is 0.788 bits per heavy atom. The summed E-state index contributed by atoms with van der Waals surface area (Å²) in [7, 11) is 0. The van der Waals surface area contributed by atoms with Crippen LogP contribution in [0.2, 0.25) is 0 Å². The van der Waals surface area contributed by atoms with Crippen LogP contribution in [0.3, 0.4) is 0 Å². The molecule has 4 N–H and O–H groups in total. The fourth-order valence-corrected chi connectivity index (χ4v) is 1.85. The van der Waals surface area contributed by atoms with Crippen molar-refractivity contribution in [2.45, 2.75) is 60.3 Å². The molecule has 33 heavy (non-hydrogen) atoms. The highest BCUT2D eigenvalue weighted by atomic mass is 16.8. The third-order valence-corrected chi connectivity index (χ3v) is 3.58. The lowest BCUT2D eigenvalue weighted by Crippen LogP contribution is -2.06. The minimum Gasteiger partial charge on any atom is -0.431 e. The predicted octanol–water partition coefficient (Wildman–Crippen LogP) is 2.39. The maximum atomic E-state index is 9.80. The largest absolute Gasteiger partial charge is 0.508 e. The van der Waals surface area contributed by atoms with E-state index in [4.69, 9.17) is 34.6 Å². The summed E-state index contributed by atoms with van der Waals surface area (Å²) in [6.07, 6.45) is 4.28. The third kappa shape index (κ3) is 49.3. The van der Waals surface area contributed by atoms with E-state index in [0.717, 1.165) is 13.0 Å². The van der Waals surface area contributed by atoms with E-state index in [1.807, 2.05) is 13.8 Å². The first kappa shape index (κ1) is 39.2. The number of carbonyl (C=O) groups is 1. The molecule has 10 nitrogen and oxygen atoms in total. The molecule has 1 fully saturated rings. The van der Waals surface area contributed by atoms with Crippen LogP contribution in [0.5, 0.6) is 0 Å². The molecule has 204 valence electrons. The smallest absolute Gasteiger partial charge is 0.431 e. The summed E-state index contributed by atoms with van der Waals surface area (Å²) in [5.74, 6) is 0.560. The fraction of sp³-hybridized carbons (Fsp3) is 0.957. The summed E-state index contributed by atoms with van der Waals surface area (Å²) in [6.45, 7) is 15.0. The highest BCUT2D eigenvalue weighted by Crippen LogP contribution is 2.10.